The molecule has 172 valence electrons. The number of anilines is 2. The zero-order valence-corrected chi connectivity index (χ0v) is 19.8. The van der Waals surface area contributed by atoms with E-state index in [1.165, 1.54) is 4.31 Å². The zero-order valence-electron chi connectivity index (χ0n) is 19.0. The Morgan fingerprint density at radius 2 is 1.73 bits per heavy atom. The minimum atomic E-state index is -3.75. The lowest BCUT2D eigenvalue weighted by molar-refractivity contribution is -0.129. The number of carbonyl (C=O) groups excluding carboxylic acids is 1. The lowest BCUT2D eigenvalue weighted by Gasteiger charge is -2.36. The van der Waals surface area contributed by atoms with E-state index in [1.54, 1.807) is 23.1 Å². The van der Waals surface area contributed by atoms with Gasteiger partial charge in [0.05, 0.1) is 10.6 Å². The standard InChI is InChI=1S/C24H27N5O3S/c1-16(2)24-25-17(3)14-21(26-24)27-10-12-28(13-11-27)22(30)15-29-19-8-4-6-18-7-5-9-20(23(18)19)33(29,31)32/h4-9,14,16H,10-13,15H2,1-3H3. The molecule has 3 aromatic rings. The van der Waals surface area contributed by atoms with Crippen LogP contribution in [0.25, 0.3) is 10.8 Å². The smallest absolute Gasteiger partial charge is 0.265 e. The molecule has 2 aliphatic rings. The fourth-order valence-electron chi connectivity index (χ4n) is 4.53. The molecule has 33 heavy (non-hydrogen) atoms. The van der Waals surface area contributed by atoms with E-state index >= 15 is 0 Å². The molecule has 1 saturated heterocycles. The monoisotopic (exact) mass is 465 g/mol. The largest absolute Gasteiger partial charge is 0.353 e. The third-order valence-corrected chi connectivity index (χ3v) is 8.09. The van der Waals surface area contributed by atoms with E-state index in [0.717, 1.165) is 22.7 Å². The molecule has 5 rings (SSSR count). The summed E-state index contributed by atoms with van der Waals surface area (Å²) in [5, 5.41) is 1.55. The molecule has 1 fully saturated rings. The molecule has 0 aliphatic carbocycles. The summed E-state index contributed by atoms with van der Waals surface area (Å²) < 4.78 is 27.6. The molecule has 2 aliphatic heterocycles. The number of nitrogens with zero attached hydrogens (tertiary/aromatic N) is 5. The first-order valence-corrected chi connectivity index (χ1v) is 12.6. The predicted molar refractivity (Wildman–Crippen MR) is 128 cm³/mol. The normalized spacial score (nSPS) is 17.3. The Kier molecular flexibility index (Phi) is 5.23. The summed E-state index contributed by atoms with van der Waals surface area (Å²) in [5.41, 5.74) is 1.50. The second-order valence-corrected chi connectivity index (χ2v) is 10.7. The Bertz CT molecular complexity index is 1340. The summed E-state index contributed by atoms with van der Waals surface area (Å²) >= 11 is 0. The van der Waals surface area contributed by atoms with Gasteiger partial charge in [0.15, 0.2) is 0 Å². The quantitative estimate of drug-likeness (QED) is 0.589. The van der Waals surface area contributed by atoms with E-state index in [-0.39, 0.29) is 23.3 Å². The van der Waals surface area contributed by atoms with Gasteiger partial charge in [0.1, 0.15) is 18.2 Å². The molecule has 8 nitrogen and oxygen atoms in total. The van der Waals surface area contributed by atoms with Crippen LogP contribution in [0.1, 0.15) is 31.3 Å². The lowest BCUT2D eigenvalue weighted by atomic mass is 10.1. The van der Waals surface area contributed by atoms with E-state index in [9.17, 15) is 13.2 Å². The lowest BCUT2D eigenvalue weighted by Crippen LogP contribution is -2.51. The maximum absolute atomic E-state index is 13.2. The van der Waals surface area contributed by atoms with Gasteiger partial charge in [0.2, 0.25) is 5.91 Å². The number of aromatic nitrogens is 2. The highest BCUT2D eigenvalue weighted by molar-refractivity contribution is 7.93. The molecular weight excluding hydrogens is 438 g/mol. The first-order chi connectivity index (χ1) is 15.8. The van der Waals surface area contributed by atoms with Crippen LogP contribution < -0.4 is 9.21 Å². The number of sulfonamides is 1. The summed E-state index contributed by atoms with van der Waals surface area (Å²) in [6.07, 6.45) is 0. The van der Waals surface area contributed by atoms with Gasteiger partial charge >= 0.3 is 0 Å². The Morgan fingerprint density at radius 1 is 1.03 bits per heavy atom. The Morgan fingerprint density at radius 3 is 2.42 bits per heavy atom. The summed E-state index contributed by atoms with van der Waals surface area (Å²) in [6, 6.07) is 12.7. The van der Waals surface area contributed by atoms with Gasteiger partial charge < -0.3 is 9.80 Å². The zero-order chi connectivity index (χ0) is 23.3. The highest BCUT2D eigenvalue weighted by Crippen LogP contribution is 2.41. The highest BCUT2D eigenvalue weighted by Gasteiger charge is 2.37. The number of benzene rings is 2. The number of hydrogen-bond donors (Lipinski definition) is 0. The number of aryl methyl sites for hydroxylation is 1. The molecule has 0 unspecified atom stereocenters. The topological polar surface area (TPSA) is 86.7 Å². The van der Waals surface area contributed by atoms with Crippen LogP contribution >= 0.6 is 0 Å². The van der Waals surface area contributed by atoms with Crippen LogP contribution in [-0.4, -0.2) is 61.9 Å². The number of amides is 1. The highest BCUT2D eigenvalue weighted by atomic mass is 32.2. The van der Waals surface area contributed by atoms with Gasteiger partial charge in [-0.3, -0.25) is 9.10 Å². The van der Waals surface area contributed by atoms with Gasteiger partial charge in [-0.15, -0.1) is 0 Å². The third kappa shape index (κ3) is 3.70. The fraction of sp³-hybridized carbons (Fsp3) is 0.375. The number of hydrogen-bond acceptors (Lipinski definition) is 6. The first kappa shape index (κ1) is 21.6. The molecule has 1 amide bonds. The molecule has 1 aromatic heterocycles. The van der Waals surface area contributed by atoms with Crippen molar-refractivity contribution in [1.29, 1.82) is 0 Å². The number of piperazine rings is 1. The van der Waals surface area contributed by atoms with Crippen molar-refractivity contribution in [2.45, 2.75) is 31.6 Å². The van der Waals surface area contributed by atoms with Gasteiger partial charge in [0, 0.05) is 49.2 Å². The summed E-state index contributed by atoms with van der Waals surface area (Å²) in [6.45, 7) is 8.23. The minimum Gasteiger partial charge on any atom is -0.353 e. The Hall–Kier alpha value is -3.20. The van der Waals surface area contributed by atoms with Gasteiger partial charge in [-0.1, -0.05) is 38.1 Å². The molecule has 0 bridgehead atoms. The van der Waals surface area contributed by atoms with Crippen LogP contribution in [0.2, 0.25) is 0 Å². The van der Waals surface area contributed by atoms with Crippen molar-refractivity contribution in [2.75, 3.05) is 41.9 Å². The third-order valence-electron chi connectivity index (χ3n) is 6.29. The van der Waals surface area contributed by atoms with Crippen LogP contribution in [0.3, 0.4) is 0 Å². The van der Waals surface area contributed by atoms with Crippen molar-refractivity contribution in [1.82, 2.24) is 14.9 Å². The molecule has 0 atom stereocenters. The SMILES string of the molecule is Cc1cc(N2CCN(C(=O)CN3c4cccc5cccc(c45)S3(=O)=O)CC2)nc(C(C)C)n1. The molecule has 0 saturated carbocycles. The summed E-state index contributed by atoms with van der Waals surface area (Å²) in [5.74, 6) is 1.74. The Balaban J connectivity index is 1.31. The molecule has 0 spiro atoms. The van der Waals surface area contributed by atoms with Crippen molar-refractivity contribution in [2.24, 2.45) is 0 Å². The molecule has 9 heteroatoms. The van der Waals surface area contributed by atoms with Crippen LogP contribution in [0.4, 0.5) is 11.5 Å². The van der Waals surface area contributed by atoms with Crippen molar-refractivity contribution in [3.63, 3.8) is 0 Å². The molecule has 3 heterocycles. The van der Waals surface area contributed by atoms with Crippen molar-refractivity contribution >= 4 is 38.2 Å². The first-order valence-electron chi connectivity index (χ1n) is 11.2. The average Bonchev–Trinajstić information content (AvgIpc) is 3.02. The minimum absolute atomic E-state index is 0.190. The van der Waals surface area contributed by atoms with E-state index < -0.39 is 10.0 Å². The van der Waals surface area contributed by atoms with Crippen LogP contribution in [0.5, 0.6) is 0 Å². The van der Waals surface area contributed by atoms with Crippen molar-refractivity contribution < 1.29 is 13.2 Å². The Labute approximate surface area is 193 Å². The molecule has 0 radical (unpaired) electrons. The van der Waals surface area contributed by atoms with E-state index in [4.69, 9.17) is 4.98 Å². The second-order valence-electron chi connectivity index (χ2n) is 8.89. The number of carbonyl (C=O) groups is 1. The van der Waals surface area contributed by atoms with E-state index in [0.29, 0.717) is 37.3 Å². The maximum Gasteiger partial charge on any atom is 0.265 e. The summed E-state index contributed by atoms with van der Waals surface area (Å²) in [7, 11) is -3.75. The second kappa shape index (κ2) is 7.98. The predicted octanol–water partition coefficient (Wildman–Crippen LogP) is 2.92. The van der Waals surface area contributed by atoms with Crippen molar-refractivity contribution in [3.8, 4) is 0 Å². The van der Waals surface area contributed by atoms with Gasteiger partial charge in [-0.2, -0.15) is 0 Å². The maximum atomic E-state index is 13.2. The molecular formula is C24H27N5O3S. The molecule has 2 aromatic carbocycles. The van der Waals surface area contributed by atoms with Crippen molar-refractivity contribution in [3.05, 3.63) is 54.0 Å². The summed E-state index contributed by atoms with van der Waals surface area (Å²) in [4.78, 5) is 26.5. The fourth-order valence-corrected chi connectivity index (χ4v) is 6.19. The number of rotatable bonds is 4. The van der Waals surface area contributed by atoms with Gasteiger partial charge in [-0.05, 0) is 24.4 Å². The van der Waals surface area contributed by atoms with Crippen LogP contribution in [0.15, 0.2) is 47.4 Å². The van der Waals surface area contributed by atoms with Gasteiger partial charge in [-0.25, -0.2) is 18.4 Å². The van der Waals surface area contributed by atoms with Crippen LogP contribution in [0, 0.1) is 6.92 Å². The average molecular weight is 466 g/mol. The van der Waals surface area contributed by atoms with Crippen LogP contribution in [-0.2, 0) is 14.8 Å². The van der Waals surface area contributed by atoms with Gasteiger partial charge in [0.25, 0.3) is 10.0 Å². The van der Waals surface area contributed by atoms with E-state index in [1.807, 2.05) is 31.2 Å². The molecule has 0 N–H and O–H groups in total. The van der Waals surface area contributed by atoms with E-state index in [2.05, 4.69) is 23.7 Å².